The maximum atomic E-state index is 13.6. The quantitative estimate of drug-likeness (QED) is 0.432. The van der Waals surface area contributed by atoms with E-state index in [9.17, 15) is 9.18 Å². The second-order valence-electron chi connectivity index (χ2n) is 7.62. The Kier molecular flexibility index (Phi) is 6.81. The zero-order valence-corrected chi connectivity index (χ0v) is 16.3. The van der Waals surface area contributed by atoms with E-state index < -0.39 is 11.8 Å². The summed E-state index contributed by atoms with van der Waals surface area (Å²) in [7, 11) is 0. The average molecular weight is 379 g/mol. The molecule has 4 heteroatoms. The van der Waals surface area contributed by atoms with Gasteiger partial charge in [-0.3, -0.25) is 0 Å². The van der Waals surface area contributed by atoms with Crippen LogP contribution in [-0.4, -0.2) is 5.97 Å². The van der Waals surface area contributed by atoms with Crippen LogP contribution in [0.15, 0.2) is 42.5 Å². The number of nitriles is 1. The minimum absolute atomic E-state index is 0.0754. The zero-order valence-electron chi connectivity index (χ0n) is 16.3. The molecule has 1 saturated carbocycles. The van der Waals surface area contributed by atoms with Gasteiger partial charge in [0.25, 0.3) is 0 Å². The Balaban J connectivity index is 1.57. The topological polar surface area (TPSA) is 50.1 Å². The van der Waals surface area contributed by atoms with Crippen molar-refractivity contribution in [3.8, 4) is 11.8 Å². The molecule has 0 heterocycles. The van der Waals surface area contributed by atoms with Crippen molar-refractivity contribution in [2.75, 3.05) is 0 Å². The number of carbonyl (C=O) groups excluding carboxylic acids is 1. The first kappa shape index (κ1) is 20.1. The first-order chi connectivity index (χ1) is 13.6. The summed E-state index contributed by atoms with van der Waals surface area (Å²) < 4.78 is 18.9. The maximum Gasteiger partial charge on any atom is 0.343 e. The van der Waals surface area contributed by atoms with E-state index in [0.29, 0.717) is 11.5 Å². The average Bonchev–Trinajstić information content (AvgIpc) is 2.73. The molecule has 0 aromatic heterocycles. The monoisotopic (exact) mass is 379 g/mol. The molecule has 0 spiro atoms. The van der Waals surface area contributed by atoms with Crippen molar-refractivity contribution in [2.45, 2.75) is 57.8 Å². The van der Waals surface area contributed by atoms with Crippen molar-refractivity contribution in [3.05, 3.63) is 65.0 Å². The second kappa shape index (κ2) is 9.50. The summed E-state index contributed by atoms with van der Waals surface area (Å²) >= 11 is 0. The summed E-state index contributed by atoms with van der Waals surface area (Å²) in [6, 6.07) is 13.1. The van der Waals surface area contributed by atoms with Crippen LogP contribution in [0.1, 0.15) is 79.3 Å². The van der Waals surface area contributed by atoms with Gasteiger partial charge in [0.15, 0.2) is 0 Å². The number of hydrogen-bond acceptors (Lipinski definition) is 3. The van der Waals surface area contributed by atoms with E-state index in [-0.39, 0.29) is 11.3 Å². The van der Waals surface area contributed by atoms with Crippen LogP contribution >= 0.6 is 0 Å². The third-order valence-corrected chi connectivity index (χ3v) is 5.70. The molecular weight excluding hydrogens is 353 g/mol. The highest BCUT2D eigenvalue weighted by Gasteiger charge is 2.22. The summed E-state index contributed by atoms with van der Waals surface area (Å²) in [5.41, 5.74) is 1.63. The molecule has 1 aliphatic rings. The van der Waals surface area contributed by atoms with Crippen molar-refractivity contribution in [1.29, 1.82) is 5.26 Å². The minimum Gasteiger partial charge on any atom is -0.423 e. The smallest absolute Gasteiger partial charge is 0.343 e. The lowest BCUT2D eigenvalue weighted by Crippen LogP contribution is -2.14. The number of hydrogen-bond donors (Lipinski definition) is 0. The van der Waals surface area contributed by atoms with Crippen molar-refractivity contribution >= 4 is 5.97 Å². The summed E-state index contributed by atoms with van der Waals surface area (Å²) in [6.45, 7) is 2.25. The Bertz CT molecular complexity index is 846. The predicted octanol–water partition coefficient (Wildman–Crippen LogP) is 6.38. The third-order valence-electron chi connectivity index (χ3n) is 5.70. The van der Waals surface area contributed by atoms with Gasteiger partial charge < -0.3 is 4.74 Å². The Labute approximate surface area is 166 Å². The van der Waals surface area contributed by atoms with E-state index >= 15 is 0 Å². The highest BCUT2D eigenvalue weighted by atomic mass is 19.1. The van der Waals surface area contributed by atoms with Crippen LogP contribution in [0.2, 0.25) is 0 Å². The molecule has 3 nitrogen and oxygen atoms in total. The number of esters is 1. The van der Waals surface area contributed by atoms with Crippen LogP contribution in [0, 0.1) is 23.1 Å². The number of rotatable bonds is 6. The number of unbranched alkanes of at least 4 members (excludes halogenated alkanes) is 1. The lowest BCUT2D eigenvalue weighted by molar-refractivity contribution is 0.0734. The Morgan fingerprint density at radius 3 is 2.46 bits per heavy atom. The highest BCUT2D eigenvalue weighted by Crippen LogP contribution is 2.37. The Morgan fingerprint density at radius 1 is 1.14 bits per heavy atom. The standard InChI is InChI=1S/C24H26FNO2/c1-2-3-4-17-5-7-18(8-6-17)19-9-11-20(12-10-19)24(27)28-22-14-13-21(16-26)23(25)15-22/h9-15,17-18H,2-8H2,1H3/t17-,18-. The molecule has 0 aliphatic heterocycles. The van der Waals surface area contributed by atoms with Gasteiger partial charge in [0.05, 0.1) is 11.1 Å². The van der Waals surface area contributed by atoms with E-state index in [1.54, 1.807) is 18.2 Å². The molecule has 0 amide bonds. The number of carbonyl (C=O) groups is 1. The van der Waals surface area contributed by atoms with E-state index in [1.807, 2.05) is 12.1 Å². The fraction of sp³-hybridized carbons (Fsp3) is 0.417. The summed E-state index contributed by atoms with van der Waals surface area (Å²) in [5.74, 6) is 0.307. The summed E-state index contributed by atoms with van der Waals surface area (Å²) in [5, 5.41) is 8.76. The SMILES string of the molecule is CCCC[C@H]1CC[C@H](c2ccc(C(=O)Oc3ccc(C#N)c(F)c3)cc2)CC1. The molecule has 146 valence electrons. The largest absolute Gasteiger partial charge is 0.423 e. The molecule has 0 N–H and O–H groups in total. The number of halogens is 1. The molecular formula is C24H26FNO2. The molecule has 3 rings (SSSR count). The van der Waals surface area contributed by atoms with Gasteiger partial charge in [0.1, 0.15) is 17.6 Å². The van der Waals surface area contributed by atoms with Crippen LogP contribution in [0.5, 0.6) is 5.75 Å². The van der Waals surface area contributed by atoms with Crippen molar-refractivity contribution in [1.82, 2.24) is 0 Å². The van der Waals surface area contributed by atoms with Crippen LogP contribution in [0.25, 0.3) is 0 Å². The lowest BCUT2D eigenvalue weighted by Gasteiger charge is -2.28. The van der Waals surface area contributed by atoms with Crippen LogP contribution in [0.3, 0.4) is 0 Å². The maximum absolute atomic E-state index is 13.6. The number of ether oxygens (including phenoxy) is 1. The third kappa shape index (κ3) is 4.98. The van der Waals surface area contributed by atoms with Gasteiger partial charge in [-0.05, 0) is 67.3 Å². The molecule has 1 fully saturated rings. The van der Waals surface area contributed by atoms with Crippen LogP contribution in [0.4, 0.5) is 4.39 Å². The van der Waals surface area contributed by atoms with Crippen molar-refractivity contribution in [2.24, 2.45) is 5.92 Å². The molecule has 0 bridgehead atoms. The lowest BCUT2D eigenvalue weighted by atomic mass is 9.77. The van der Waals surface area contributed by atoms with Crippen LogP contribution < -0.4 is 4.74 Å². The van der Waals surface area contributed by atoms with Crippen molar-refractivity contribution < 1.29 is 13.9 Å². The number of benzene rings is 2. The van der Waals surface area contributed by atoms with Crippen LogP contribution in [-0.2, 0) is 0 Å². The Hall–Kier alpha value is -2.67. The molecule has 0 unspecified atom stereocenters. The molecule has 2 aromatic carbocycles. The van der Waals surface area contributed by atoms with Gasteiger partial charge in [0.2, 0.25) is 0 Å². The fourth-order valence-electron chi connectivity index (χ4n) is 3.98. The van der Waals surface area contributed by atoms with Gasteiger partial charge in [-0.1, -0.05) is 38.3 Å². The van der Waals surface area contributed by atoms with E-state index in [4.69, 9.17) is 10.00 Å². The summed E-state index contributed by atoms with van der Waals surface area (Å²) in [4.78, 5) is 12.3. The molecule has 0 saturated heterocycles. The van der Waals surface area contributed by atoms with E-state index in [2.05, 4.69) is 6.92 Å². The van der Waals surface area contributed by atoms with Crippen molar-refractivity contribution in [3.63, 3.8) is 0 Å². The van der Waals surface area contributed by atoms with Gasteiger partial charge in [0, 0.05) is 6.07 Å². The van der Waals surface area contributed by atoms with Gasteiger partial charge >= 0.3 is 5.97 Å². The number of nitrogens with zero attached hydrogens (tertiary/aromatic N) is 1. The van der Waals surface area contributed by atoms with Gasteiger partial charge in [-0.25, -0.2) is 9.18 Å². The zero-order chi connectivity index (χ0) is 19.9. The van der Waals surface area contributed by atoms with E-state index in [0.717, 1.165) is 12.0 Å². The predicted molar refractivity (Wildman–Crippen MR) is 107 cm³/mol. The molecule has 0 radical (unpaired) electrons. The molecule has 28 heavy (non-hydrogen) atoms. The Morgan fingerprint density at radius 2 is 1.86 bits per heavy atom. The highest BCUT2D eigenvalue weighted by molar-refractivity contribution is 5.91. The molecule has 0 atom stereocenters. The van der Waals surface area contributed by atoms with Gasteiger partial charge in [-0.2, -0.15) is 5.26 Å². The first-order valence-corrected chi connectivity index (χ1v) is 10.1. The molecule has 2 aromatic rings. The molecule has 1 aliphatic carbocycles. The normalized spacial score (nSPS) is 19.0. The first-order valence-electron chi connectivity index (χ1n) is 10.1. The van der Waals surface area contributed by atoms with Gasteiger partial charge in [-0.15, -0.1) is 0 Å². The minimum atomic E-state index is -0.697. The summed E-state index contributed by atoms with van der Waals surface area (Å²) in [6.07, 6.45) is 8.95. The van der Waals surface area contributed by atoms with E-state index in [1.165, 1.54) is 62.6 Å². The second-order valence-corrected chi connectivity index (χ2v) is 7.62. The fourth-order valence-corrected chi connectivity index (χ4v) is 3.98.